The zero-order valence-electron chi connectivity index (χ0n) is 17.6. The van der Waals surface area contributed by atoms with Crippen molar-refractivity contribution in [1.82, 2.24) is 9.97 Å². The highest BCUT2D eigenvalue weighted by atomic mass is 16.5. The molecule has 2 heterocycles. The summed E-state index contributed by atoms with van der Waals surface area (Å²) in [7, 11) is 3.34. The van der Waals surface area contributed by atoms with Crippen LogP contribution in [0.25, 0.3) is 0 Å². The Morgan fingerprint density at radius 3 is 2.73 bits per heavy atom. The number of rotatable bonds is 5. The van der Waals surface area contributed by atoms with Gasteiger partial charge in [-0.25, -0.2) is 4.98 Å². The molecule has 2 aromatic rings. The average molecular weight is 409 g/mol. The molecular weight excluding hydrogens is 382 g/mol. The summed E-state index contributed by atoms with van der Waals surface area (Å²) in [5.41, 5.74) is 1.92. The molecule has 1 fully saturated rings. The molecule has 1 aromatic heterocycles. The molecule has 8 nitrogen and oxygen atoms in total. The van der Waals surface area contributed by atoms with E-state index in [0.717, 1.165) is 30.6 Å². The molecule has 1 amide bonds. The Labute approximate surface area is 176 Å². The van der Waals surface area contributed by atoms with Gasteiger partial charge >= 0.3 is 0 Å². The second-order valence-electron chi connectivity index (χ2n) is 7.99. The second-order valence-corrected chi connectivity index (χ2v) is 7.99. The summed E-state index contributed by atoms with van der Waals surface area (Å²) in [4.78, 5) is 37.0. The fourth-order valence-electron chi connectivity index (χ4n) is 4.33. The normalized spacial score (nSPS) is 19.4. The fourth-order valence-corrected chi connectivity index (χ4v) is 4.33. The maximum Gasteiger partial charge on any atom is 0.231 e. The van der Waals surface area contributed by atoms with Gasteiger partial charge in [-0.1, -0.05) is 19.8 Å². The van der Waals surface area contributed by atoms with Crippen LogP contribution in [0.3, 0.4) is 0 Å². The summed E-state index contributed by atoms with van der Waals surface area (Å²) in [5.74, 6) is 1.70. The first kappa shape index (κ1) is 20.1. The van der Waals surface area contributed by atoms with E-state index in [-0.39, 0.29) is 11.8 Å². The Balaban J connectivity index is 1.72. The predicted molar refractivity (Wildman–Crippen MR) is 116 cm³/mol. The van der Waals surface area contributed by atoms with Crippen molar-refractivity contribution in [3.05, 3.63) is 30.0 Å². The van der Waals surface area contributed by atoms with Gasteiger partial charge in [-0.15, -0.1) is 0 Å². The molecule has 0 bridgehead atoms. The van der Waals surface area contributed by atoms with Gasteiger partial charge in [-0.05, 0) is 31.0 Å². The molecule has 0 saturated heterocycles. The number of aromatic nitrogens is 2. The fraction of sp³-hybridized carbons (Fsp3) is 0.455. The summed E-state index contributed by atoms with van der Waals surface area (Å²) >= 11 is 0. The summed E-state index contributed by atoms with van der Waals surface area (Å²) < 4.78 is 5.40. The van der Waals surface area contributed by atoms with E-state index in [1.165, 1.54) is 12.8 Å². The van der Waals surface area contributed by atoms with Crippen LogP contribution in [-0.4, -0.2) is 48.9 Å². The van der Waals surface area contributed by atoms with Crippen molar-refractivity contribution >= 4 is 35.3 Å². The zero-order valence-corrected chi connectivity index (χ0v) is 17.6. The van der Waals surface area contributed by atoms with Crippen LogP contribution >= 0.6 is 0 Å². The number of hydrogen-bond acceptors (Lipinski definition) is 7. The van der Waals surface area contributed by atoms with Gasteiger partial charge in [0.05, 0.1) is 24.9 Å². The summed E-state index contributed by atoms with van der Waals surface area (Å²) in [6, 6.07) is 5.52. The van der Waals surface area contributed by atoms with Crippen molar-refractivity contribution < 1.29 is 14.3 Å². The maximum absolute atomic E-state index is 12.8. The minimum Gasteiger partial charge on any atom is -0.495 e. The number of anilines is 4. The Kier molecular flexibility index (Phi) is 5.57. The lowest BCUT2D eigenvalue weighted by Crippen LogP contribution is -2.38. The summed E-state index contributed by atoms with van der Waals surface area (Å²) in [6.07, 6.45) is 7.10. The summed E-state index contributed by atoms with van der Waals surface area (Å²) in [5, 5.41) is 3.20. The number of amides is 1. The smallest absolute Gasteiger partial charge is 0.231 e. The lowest BCUT2D eigenvalue weighted by molar-refractivity contribution is -0.121. The van der Waals surface area contributed by atoms with Gasteiger partial charge in [0.25, 0.3) is 0 Å². The minimum absolute atomic E-state index is 0.0761. The first-order valence-corrected chi connectivity index (χ1v) is 10.3. The SMILES string of the molecule is COc1cc(C=O)ccc1Nc1ncc2c(n1)N(C1CCCC1)C[C@H](C)C(=O)N2C. The van der Waals surface area contributed by atoms with E-state index in [0.29, 0.717) is 35.5 Å². The topological polar surface area (TPSA) is 87.7 Å². The molecule has 1 aromatic carbocycles. The number of carbonyl (C=O) groups is 2. The van der Waals surface area contributed by atoms with Crippen LogP contribution < -0.4 is 19.9 Å². The van der Waals surface area contributed by atoms with Crippen molar-refractivity contribution in [3.63, 3.8) is 0 Å². The highest BCUT2D eigenvalue weighted by molar-refractivity contribution is 5.98. The predicted octanol–water partition coefficient (Wildman–Crippen LogP) is 3.40. The van der Waals surface area contributed by atoms with Crippen LogP contribution in [0, 0.1) is 5.92 Å². The quantitative estimate of drug-likeness (QED) is 0.757. The number of benzene rings is 1. The van der Waals surface area contributed by atoms with Gasteiger partial charge < -0.3 is 19.9 Å². The molecule has 158 valence electrons. The molecule has 30 heavy (non-hydrogen) atoms. The summed E-state index contributed by atoms with van der Waals surface area (Å²) in [6.45, 7) is 2.62. The number of ether oxygens (including phenoxy) is 1. The molecule has 0 unspecified atom stereocenters. The van der Waals surface area contributed by atoms with E-state index in [4.69, 9.17) is 9.72 Å². The number of hydrogen-bond donors (Lipinski definition) is 1. The molecule has 1 atom stereocenters. The monoisotopic (exact) mass is 409 g/mol. The number of aldehydes is 1. The first-order chi connectivity index (χ1) is 14.5. The van der Waals surface area contributed by atoms with E-state index >= 15 is 0 Å². The van der Waals surface area contributed by atoms with Crippen molar-refractivity contribution in [3.8, 4) is 5.75 Å². The third kappa shape index (κ3) is 3.69. The highest BCUT2D eigenvalue weighted by Crippen LogP contribution is 2.37. The van der Waals surface area contributed by atoms with Gasteiger partial charge in [-0.3, -0.25) is 9.59 Å². The molecule has 0 spiro atoms. The van der Waals surface area contributed by atoms with Crippen molar-refractivity contribution in [1.29, 1.82) is 0 Å². The van der Waals surface area contributed by atoms with E-state index in [1.54, 1.807) is 43.5 Å². The Bertz CT molecular complexity index is 958. The van der Waals surface area contributed by atoms with Gasteiger partial charge in [-0.2, -0.15) is 4.98 Å². The molecule has 8 heteroatoms. The van der Waals surface area contributed by atoms with Crippen LogP contribution in [0.15, 0.2) is 24.4 Å². The van der Waals surface area contributed by atoms with Crippen LogP contribution in [0.1, 0.15) is 43.0 Å². The van der Waals surface area contributed by atoms with E-state index in [2.05, 4.69) is 15.2 Å². The van der Waals surface area contributed by atoms with Gasteiger partial charge in [0, 0.05) is 25.2 Å². The number of carbonyl (C=O) groups excluding carboxylic acids is 2. The van der Waals surface area contributed by atoms with Crippen LogP contribution in [-0.2, 0) is 4.79 Å². The Morgan fingerprint density at radius 2 is 2.03 bits per heavy atom. The maximum atomic E-state index is 12.8. The zero-order chi connectivity index (χ0) is 21.3. The van der Waals surface area contributed by atoms with Gasteiger partial charge in [0.2, 0.25) is 11.9 Å². The molecule has 1 aliphatic carbocycles. The third-order valence-corrected chi connectivity index (χ3v) is 5.98. The number of methoxy groups -OCH3 is 1. The Morgan fingerprint density at radius 1 is 1.27 bits per heavy atom. The number of fused-ring (bicyclic) bond motifs is 1. The minimum atomic E-state index is -0.114. The lowest BCUT2D eigenvalue weighted by atomic mass is 10.1. The average Bonchev–Trinajstić information content (AvgIpc) is 3.28. The van der Waals surface area contributed by atoms with Crippen LogP contribution in [0.2, 0.25) is 0 Å². The molecule has 0 radical (unpaired) electrons. The highest BCUT2D eigenvalue weighted by Gasteiger charge is 2.35. The standard InChI is InChI=1S/C22H27N5O3/c1-14-12-27(16-6-4-5-7-16)20-18(26(2)21(14)29)11-23-22(25-20)24-17-9-8-15(13-28)10-19(17)30-3/h8-11,13-14,16H,4-7,12H2,1-3H3,(H,23,24,25)/t14-/m0/s1. The molecule has 1 N–H and O–H groups in total. The molecular formula is C22H27N5O3. The largest absolute Gasteiger partial charge is 0.495 e. The van der Waals surface area contributed by atoms with E-state index in [9.17, 15) is 9.59 Å². The second kappa shape index (κ2) is 8.30. The van der Waals surface area contributed by atoms with Crippen LogP contribution in [0.5, 0.6) is 5.75 Å². The molecule has 1 aliphatic heterocycles. The van der Waals surface area contributed by atoms with Gasteiger partial charge in [0.1, 0.15) is 17.7 Å². The van der Waals surface area contributed by atoms with Crippen molar-refractivity contribution in [2.24, 2.45) is 5.92 Å². The van der Waals surface area contributed by atoms with E-state index in [1.807, 2.05) is 6.92 Å². The van der Waals surface area contributed by atoms with Crippen LogP contribution in [0.4, 0.5) is 23.1 Å². The van der Waals surface area contributed by atoms with E-state index < -0.39 is 0 Å². The number of nitrogens with zero attached hydrogens (tertiary/aromatic N) is 4. The first-order valence-electron chi connectivity index (χ1n) is 10.3. The van der Waals surface area contributed by atoms with Crippen molar-refractivity contribution in [2.45, 2.75) is 38.6 Å². The Hall–Kier alpha value is -3.16. The third-order valence-electron chi connectivity index (χ3n) is 5.98. The van der Waals surface area contributed by atoms with Gasteiger partial charge in [0.15, 0.2) is 5.82 Å². The number of nitrogens with one attached hydrogen (secondary N) is 1. The van der Waals surface area contributed by atoms with Crippen molar-refractivity contribution in [2.75, 3.05) is 35.8 Å². The molecule has 2 aliphatic rings. The molecule has 4 rings (SSSR count). The molecule has 1 saturated carbocycles. The lowest BCUT2D eigenvalue weighted by Gasteiger charge is -2.31.